The van der Waals surface area contributed by atoms with Gasteiger partial charge in [0, 0.05) is 50.1 Å². The van der Waals surface area contributed by atoms with Crippen LogP contribution in [0, 0.1) is 11.8 Å². The van der Waals surface area contributed by atoms with Gasteiger partial charge in [-0.15, -0.1) is 0 Å². The Morgan fingerprint density at radius 1 is 1.36 bits per heavy atom. The normalized spacial score (nSPS) is 29.3. The van der Waals surface area contributed by atoms with Gasteiger partial charge in [0.25, 0.3) is 0 Å². The highest BCUT2D eigenvalue weighted by Gasteiger charge is 2.32. The van der Waals surface area contributed by atoms with Crippen molar-refractivity contribution >= 4 is 17.9 Å². The fourth-order valence-corrected chi connectivity index (χ4v) is 4.47. The molecule has 7 nitrogen and oxygen atoms in total. The van der Waals surface area contributed by atoms with Crippen LogP contribution in [0.5, 0.6) is 0 Å². The molecule has 1 aromatic rings. The lowest BCUT2D eigenvalue weighted by atomic mass is 9.79. The molecule has 0 radical (unpaired) electrons. The summed E-state index contributed by atoms with van der Waals surface area (Å²) in [7, 11) is 1.99. The molecule has 3 heterocycles. The molecule has 7 heteroatoms. The number of fused-ring (bicyclic) bond motifs is 1. The Labute approximate surface area is 148 Å². The van der Waals surface area contributed by atoms with Crippen LogP contribution in [0.25, 0.3) is 5.70 Å². The number of likely N-dealkylation sites (tertiary alicyclic amines) is 1. The number of allylic oxidation sites excluding steroid dienone is 1. The van der Waals surface area contributed by atoms with Crippen molar-refractivity contribution in [3.8, 4) is 0 Å². The standard InChI is InChI=1S/C18H28N6O/c1-20-16(17-15-6-7-21-18(15)22-11-24(17)19)13-4-2-12(3-5-13)8-23-9-14(25)10-23/h6-7,11-14,20-21,25H,2-5,8-10,19H2,1H3/b17-16-. The van der Waals surface area contributed by atoms with Gasteiger partial charge in [0.05, 0.1) is 11.8 Å². The van der Waals surface area contributed by atoms with Gasteiger partial charge in [-0.2, -0.15) is 0 Å². The van der Waals surface area contributed by atoms with E-state index in [0.717, 1.165) is 42.6 Å². The number of aliphatic hydroxyl groups excluding tert-OH is 1. The van der Waals surface area contributed by atoms with Gasteiger partial charge in [0.15, 0.2) is 0 Å². The topological polar surface area (TPSA) is 92.9 Å². The molecule has 25 heavy (non-hydrogen) atoms. The molecule has 2 aliphatic heterocycles. The number of aliphatic imine (C=N–C) groups is 1. The molecule has 0 atom stereocenters. The molecule has 3 aliphatic rings. The Kier molecular flexibility index (Phi) is 4.54. The summed E-state index contributed by atoms with van der Waals surface area (Å²) in [6, 6.07) is 2.04. The van der Waals surface area contributed by atoms with E-state index < -0.39 is 0 Å². The van der Waals surface area contributed by atoms with Crippen LogP contribution in [-0.2, 0) is 0 Å². The number of β-amino-alcohol motifs (C(OH)–C–C–N with tert-alkyl or cyclic N) is 1. The minimum absolute atomic E-state index is 0.101. The molecule has 1 saturated carbocycles. The van der Waals surface area contributed by atoms with Crippen molar-refractivity contribution in [2.75, 3.05) is 26.7 Å². The van der Waals surface area contributed by atoms with Crippen LogP contribution in [0.1, 0.15) is 31.2 Å². The second kappa shape index (κ2) is 6.82. The lowest BCUT2D eigenvalue weighted by molar-refractivity contribution is -0.0104. The number of hydrogen-bond donors (Lipinski definition) is 4. The first-order valence-corrected chi connectivity index (χ1v) is 9.24. The first kappa shape index (κ1) is 16.6. The maximum atomic E-state index is 9.44. The summed E-state index contributed by atoms with van der Waals surface area (Å²) < 4.78 is 0. The van der Waals surface area contributed by atoms with Crippen LogP contribution >= 0.6 is 0 Å². The average molecular weight is 344 g/mol. The number of hydrogen-bond acceptors (Lipinski definition) is 6. The van der Waals surface area contributed by atoms with E-state index in [9.17, 15) is 5.11 Å². The summed E-state index contributed by atoms with van der Waals surface area (Å²) in [5.74, 6) is 8.33. The predicted molar refractivity (Wildman–Crippen MR) is 98.8 cm³/mol. The maximum absolute atomic E-state index is 9.44. The van der Waals surface area contributed by atoms with Gasteiger partial charge < -0.3 is 15.4 Å². The first-order valence-electron chi connectivity index (χ1n) is 9.24. The molecule has 0 unspecified atom stereocenters. The summed E-state index contributed by atoms with van der Waals surface area (Å²) in [6.45, 7) is 2.83. The van der Waals surface area contributed by atoms with E-state index in [-0.39, 0.29) is 6.10 Å². The molecule has 1 saturated heterocycles. The van der Waals surface area contributed by atoms with Gasteiger partial charge in [-0.25, -0.2) is 10.8 Å². The summed E-state index contributed by atoms with van der Waals surface area (Å²) >= 11 is 0. The fraction of sp³-hybridized carbons (Fsp3) is 0.611. The SMILES string of the molecule is CN/C(=C1/c2cc[nH]c2N=CN1N)C1CCC(CN2CC(O)C2)CC1. The fourth-order valence-electron chi connectivity index (χ4n) is 4.47. The van der Waals surface area contributed by atoms with Gasteiger partial charge in [-0.1, -0.05) is 0 Å². The maximum Gasteiger partial charge on any atom is 0.141 e. The van der Waals surface area contributed by atoms with Crippen LogP contribution in [0.4, 0.5) is 5.82 Å². The molecule has 4 rings (SSSR count). The number of nitrogens with zero attached hydrogens (tertiary/aromatic N) is 3. The third-order valence-electron chi connectivity index (χ3n) is 5.78. The highest BCUT2D eigenvalue weighted by atomic mass is 16.3. The van der Waals surface area contributed by atoms with Crippen LogP contribution in [0.3, 0.4) is 0 Å². The largest absolute Gasteiger partial charge is 0.390 e. The van der Waals surface area contributed by atoms with E-state index in [1.54, 1.807) is 11.3 Å². The second-order valence-corrected chi connectivity index (χ2v) is 7.49. The van der Waals surface area contributed by atoms with Crippen molar-refractivity contribution in [2.45, 2.75) is 31.8 Å². The van der Waals surface area contributed by atoms with Crippen molar-refractivity contribution in [1.82, 2.24) is 20.2 Å². The number of aromatic amines is 1. The van der Waals surface area contributed by atoms with Crippen molar-refractivity contribution in [3.63, 3.8) is 0 Å². The van der Waals surface area contributed by atoms with Crippen molar-refractivity contribution < 1.29 is 5.11 Å². The molecular formula is C18H28N6O. The number of aliphatic hydroxyl groups is 1. The van der Waals surface area contributed by atoms with Gasteiger partial charge in [-0.3, -0.25) is 9.91 Å². The minimum Gasteiger partial charge on any atom is -0.390 e. The lowest BCUT2D eigenvalue weighted by Gasteiger charge is -2.40. The number of hydrazine groups is 1. The molecule has 1 aliphatic carbocycles. The quantitative estimate of drug-likeness (QED) is 0.617. The zero-order valence-corrected chi connectivity index (χ0v) is 14.8. The van der Waals surface area contributed by atoms with E-state index >= 15 is 0 Å². The summed E-state index contributed by atoms with van der Waals surface area (Å²) in [5, 5.41) is 14.5. The summed E-state index contributed by atoms with van der Waals surface area (Å²) in [4.78, 5) is 9.89. The molecule has 5 N–H and O–H groups in total. The summed E-state index contributed by atoms with van der Waals surface area (Å²) in [5.41, 5.74) is 3.31. The number of H-pyrrole nitrogens is 1. The molecule has 0 amide bonds. The molecule has 2 fully saturated rings. The van der Waals surface area contributed by atoms with Gasteiger partial charge in [0.2, 0.25) is 0 Å². The Morgan fingerprint density at radius 3 is 2.80 bits per heavy atom. The average Bonchev–Trinajstić information content (AvgIpc) is 3.06. The lowest BCUT2D eigenvalue weighted by Crippen LogP contribution is -2.52. The number of aromatic nitrogens is 1. The van der Waals surface area contributed by atoms with Gasteiger partial charge in [0.1, 0.15) is 12.2 Å². The first-order chi connectivity index (χ1) is 12.2. The van der Waals surface area contributed by atoms with E-state index in [1.807, 2.05) is 19.3 Å². The van der Waals surface area contributed by atoms with Crippen LogP contribution in [0.15, 0.2) is 23.0 Å². The monoisotopic (exact) mass is 344 g/mol. The van der Waals surface area contributed by atoms with Gasteiger partial charge in [-0.05, 0) is 37.7 Å². The molecule has 1 aromatic heterocycles. The Balaban J connectivity index is 1.46. The zero-order valence-electron chi connectivity index (χ0n) is 14.8. The van der Waals surface area contributed by atoms with Crippen LogP contribution < -0.4 is 11.2 Å². The second-order valence-electron chi connectivity index (χ2n) is 7.49. The van der Waals surface area contributed by atoms with Crippen LogP contribution in [-0.4, -0.2) is 59.1 Å². The minimum atomic E-state index is -0.101. The zero-order chi connectivity index (χ0) is 17.4. The van der Waals surface area contributed by atoms with Crippen molar-refractivity contribution in [3.05, 3.63) is 23.5 Å². The van der Waals surface area contributed by atoms with Crippen molar-refractivity contribution in [2.24, 2.45) is 22.7 Å². The molecule has 0 aromatic carbocycles. The number of rotatable bonds is 4. The summed E-state index contributed by atoms with van der Waals surface area (Å²) in [6.07, 6.45) is 8.29. The third kappa shape index (κ3) is 3.19. The Bertz CT molecular complexity index is 667. The van der Waals surface area contributed by atoms with Crippen molar-refractivity contribution in [1.29, 1.82) is 0 Å². The highest BCUT2D eigenvalue weighted by Crippen LogP contribution is 2.39. The van der Waals surface area contributed by atoms with E-state index in [0.29, 0.717) is 5.92 Å². The predicted octanol–water partition coefficient (Wildman–Crippen LogP) is 1.23. The van der Waals surface area contributed by atoms with E-state index in [2.05, 4.69) is 20.2 Å². The molecular weight excluding hydrogens is 316 g/mol. The Hall–Kier alpha value is -1.83. The van der Waals surface area contributed by atoms with E-state index in [1.165, 1.54) is 31.4 Å². The third-order valence-corrected chi connectivity index (χ3v) is 5.78. The highest BCUT2D eigenvalue weighted by molar-refractivity contribution is 5.86. The smallest absolute Gasteiger partial charge is 0.141 e. The number of nitrogens with one attached hydrogen (secondary N) is 2. The number of nitrogens with two attached hydrogens (primary N) is 1. The Morgan fingerprint density at radius 2 is 2.12 bits per heavy atom. The van der Waals surface area contributed by atoms with Crippen LogP contribution in [0.2, 0.25) is 0 Å². The van der Waals surface area contributed by atoms with Gasteiger partial charge >= 0.3 is 0 Å². The molecule has 136 valence electrons. The molecule has 0 bridgehead atoms. The molecule has 0 spiro atoms. The van der Waals surface area contributed by atoms with E-state index in [4.69, 9.17) is 5.84 Å².